The number of aryl methyl sites for hydroxylation is 1. The van der Waals surface area contributed by atoms with E-state index in [1.165, 1.54) is 18.2 Å². The van der Waals surface area contributed by atoms with Crippen LogP contribution in [0.4, 0.5) is 0 Å². The molecule has 0 bridgehead atoms. The molecule has 0 heterocycles. The number of halogens is 1. The SMILES string of the molecule is Cc1ccccc1OCC(=O)Oc1ccc(C(=O)O)cc1Br. The van der Waals surface area contributed by atoms with Crippen LogP contribution in [-0.2, 0) is 4.79 Å². The van der Waals surface area contributed by atoms with Gasteiger partial charge in [-0.25, -0.2) is 9.59 Å². The van der Waals surface area contributed by atoms with E-state index in [9.17, 15) is 9.59 Å². The zero-order valence-corrected chi connectivity index (χ0v) is 13.3. The maximum atomic E-state index is 11.8. The van der Waals surface area contributed by atoms with Crippen LogP contribution in [0.15, 0.2) is 46.9 Å². The van der Waals surface area contributed by atoms with Crippen LogP contribution in [0.5, 0.6) is 11.5 Å². The Balaban J connectivity index is 1.98. The molecule has 0 radical (unpaired) electrons. The van der Waals surface area contributed by atoms with Crippen molar-refractivity contribution in [3.05, 3.63) is 58.1 Å². The molecular formula is C16H13BrO5. The topological polar surface area (TPSA) is 72.8 Å². The van der Waals surface area contributed by atoms with Crippen LogP contribution in [0.1, 0.15) is 15.9 Å². The van der Waals surface area contributed by atoms with Crippen LogP contribution >= 0.6 is 15.9 Å². The number of hydrogen-bond acceptors (Lipinski definition) is 4. The summed E-state index contributed by atoms with van der Waals surface area (Å²) in [6.45, 7) is 1.64. The quantitative estimate of drug-likeness (QED) is 0.649. The Morgan fingerprint density at radius 2 is 1.86 bits per heavy atom. The molecule has 0 fully saturated rings. The lowest BCUT2D eigenvalue weighted by molar-refractivity contribution is -0.136. The third-order valence-electron chi connectivity index (χ3n) is 2.84. The smallest absolute Gasteiger partial charge is 0.349 e. The molecule has 0 unspecified atom stereocenters. The van der Waals surface area contributed by atoms with Gasteiger partial charge in [0.2, 0.25) is 0 Å². The van der Waals surface area contributed by atoms with E-state index < -0.39 is 11.9 Å². The van der Waals surface area contributed by atoms with Gasteiger partial charge < -0.3 is 14.6 Å². The van der Waals surface area contributed by atoms with Crippen molar-refractivity contribution in [2.45, 2.75) is 6.92 Å². The van der Waals surface area contributed by atoms with Crippen LogP contribution < -0.4 is 9.47 Å². The van der Waals surface area contributed by atoms with Gasteiger partial charge in [-0.2, -0.15) is 0 Å². The number of hydrogen-bond donors (Lipinski definition) is 1. The van der Waals surface area contributed by atoms with Crippen LogP contribution in [-0.4, -0.2) is 23.7 Å². The molecule has 0 saturated heterocycles. The molecule has 0 atom stereocenters. The van der Waals surface area contributed by atoms with Crippen molar-refractivity contribution in [3.63, 3.8) is 0 Å². The molecule has 0 spiro atoms. The number of aromatic carboxylic acids is 1. The van der Waals surface area contributed by atoms with Gasteiger partial charge in [0.1, 0.15) is 11.5 Å². The number of esters is 1. The zero-order chi connectivity index (χ0) is 16.1. The van der Waals surface area contributed by atoms with Gasteiger partial charge in [-0.3, -0.25) is 0 Å². The first-order chi connectivity index (χ1) is 10.5. The van der Waals surface area contributed by atoms with Gasteiger partial charge in [-0.05, 0) is 52.7 Å². The summed E-state index contributed by atoms with van der Waals surface area (Å²) in [5.74, 6) is -0.781. The number of carboxylic acids is 1. The Hall–Kier alpha value is -2.34. The van der Waals surface area contributed by atoms with E-state index in [4.69, 9.17) is 14.6 Å². The van der Waals surface area contributed by atoms with Crippen molar-refractivity contribution in [2.24, 2.45) is 0 Å². The Kier molecular flexibility index (Phi) is 5.16. The first-order valence-electron chi connectivity index (χ1n) is 6.39. The number of rotatable bonds is 5. The second-order valence-corrected chi connectivity index (χ2v) is 5.33. The summed E-state index contributed by atoms with van der Waals surface area (Å²) in [4.78, 5) is 22.6. The highest BCUT2D eigenvalue weighted by Crippen LogP contribution is 2.26. The lowest BCUT2D eigenvalue weighted by Crippen LogP contribution is -2.18. The summed E-state index contributed by atoms with van der Waals surface area (Å²) in [5, 5.41) is 8.87. The van der Waals surface area contributed by atoms with Gasteiger partial charge in [0.15, 0.2) is 6.61 Å². The largest absolute Gasteiger partial charge is 0.482 e. The molecule has 6 heteroatoms. The molecule has 0 aromatic heterocycles. The van der Waals surface area contributed by atoms with Gasteiger partial charge in [0, 0.05) is 0 Å². The number of carbonyl (C=O) groups excluding carboxylic acids is 1. The highest BCUT2D eigenvalue weighted by atomic mass is 79.9. The van der Waals surface area contributed by atoms with E-state index in [0.717, 1.165) is 5.56 Å². The molecule has 5 nitrogen and oxygen atoms in total. The molecule has 114 valence electrons. The minimum atomic E-state index is -1.05. The van der Waals surface area contributed by atoms with E-state index in [2.05, 4.69) is 15.9 Å². The van der Waals surface area contributed by atoms with E-state index in [0.29, 0.717) is 10.2 Å². The van der Waals surface area contributed by atoms with Gasteiger partial charge in [-0.1, -0.05) is 18.2 Å². The minimum absolute atomic E-state index is 0.0998. The third-order valence-corrected chi connectivity index (χ3v) is 3.46. The number of para-hydroxylation sites is 1. The standard InChI is InChI=1S/C16H13BrO5/c1-10-4-2-3-5-13(10)21-9-15(18)22-14-7-6-11(16(19)20)8-12(14)17/h2-8H,9H2,1H3,(H,19,20). The molecule has 2 aromatic rings. The van der Waals surface area contributed by atoms with Crippen molar-refractivity contribution in [3.8, 4) is 11.5 Å². The molecule has 0 aliphatic rings. The Bertz CT molecular complexity index is 711. The summed E-state index contributed by atoms with van der Waals surface area (Å²) in [7, 11) is 0. The predicted molar refractivity (Wildman–Crippen MR) is 83.4 cm³/mol. The van der Waals surface area contributed by atoms with Gasteiger partial charge in [0.25, 0.3) is 0 Å². The molecule has 0 amide bonds. The van der Waals surface area contributed by atoms with Crippen LogP contribution in [0.25, 0.3) is 0 Å². The number of carboxylic acid groups (broad SMARTS) is 1. The fourth-order valence-corrected chi connectivity index (χ4v) is 2.18. The predicted octanol–water partition coefficient (Wildman–Crippen LogP) is 3.44. The first kappa shape index (κ1) is 16.0. The number of ether oxygens (including phenoxy) is 2. The molecule has 0 aliphatic heterocycles. The van der Waals surface area contributed by atoms with Crippen molar-refractivity contribution in [1.82, 2.24) is 0 Å². The monoisotopic (exact) mass is 364 g/mol. The fraction of sp³-hybridized carbons (Fsp3) is 0.125. The normalized spacial score (nSPS) is 10.1. The molecule has 0 aliphatic carbocycles. The first-order valence-corrected chi connectivity index (χ1v) is 7.18. The summed E-state index contributed by atoms with van der Waals surface area (Å²) in [6.07, 6.45) is 0. The fourth-order valence-electron chi connectivity index (χ4n) is 1.72. The number of carbonyl (C=O) groups is 2. The van der Waals surface area contributed by atoms with Crippen molar-refractivity contribution >= 4 is 27.9 Å². The Morgan fingerprint density at radius 1 is 1.14 bits per heavy atom. The lowest BCUT2D eigenvalue weighted by Gasteiger charge is -2.10. The Labute approximate surface area is 135 Å². The summed E-state index contributed by atoms with van der Waals surface area (Å²) in [5.41, 5.74) is 1.02. The molecular weight excluding hydrogens is 352 g/mol. The number of benzene rings is 2. The summed E-state index contributed by atoms with van der Waals surface area (Å²) >= 11 is 3.17. The molecule has 2 rings (SSSR count). The highest BCUT2D eigenvalue weighted by molar-refractivity contribution is 9.10. The average molecular weight is 365 g/mol. The molecule has 1 N–H and O–H groups in total. The lowest BCUT2D eigenvalue weighted by atomic mass is 10.2. The Morgan fingerprint density at radius 3 is 2.50 bits per heavy atom. The molecule has 2 aromatic carbocycles. The van der Waals surface area contributed by atoms with E-state index in [-0.39, 0.29) is 17.9 Å². The van der Waals surface area contributed by atoms with Crippen molar-refractivity contribution in [2.75, 3.05) is 6.61 Å². The van der Waals surface area contributed by atoms with E-state index in [1.54, 1.807) is 6.07 Å². The van der Waals surface area contributed by atoms with Crippen LogP contribution in [0, 0.1) is 6.92 Å². The second-order valence-electron chi connectivity index (χ2n) is 4.48. The summed E-state index contributed by atoms with van der Waals surface area (Å²) < 4.78 is 10.9. The van der Waals surface area contributed by atoms with Crippen molar-refractivity contribution < 1.29 is 24.2 Å². The van der Waals surface area contributed by atoms with E-state index in [1.807, 2.05) is 25.1 Å². The van der Waals surface area contributed by atoms with Crippen LogP contribution in [0.2, 0.25) is 0 Å². The minimum Gasteiger partial charge on any atom is -0.482 e. The second kappa shape index (κ2) is 7.09. The van der Waals surface area contributed by atoms with E-state index >= 15 is 0 Å². The molecule has 0 saturated carbocycles. The highest BCUT2D eigenvalue weighted by Gasteiger charge is 2.12. The maximum absolute atomic E-state index is 11.8. The van der Waals surface area contributed by atoms with Crippen molar-refractivity contribution in [1.29, 1.82) is 0 Å². The van der Waals surface area contributed by atoms with Gasteiger partial charge >= 0.3 is 11.9 Å². The van der Waals surface area contributed by atoms with Gasteiger partial charge in [0.05, 0.1) is 10.0 Å². The average Bonchev–Trinajstić information content (AvgIpc) is 2.48. The summed E-state index contributed by atoms with van der Waals surface area (Å²) in [6, 6.07) is 11.5. The van der Waals surface area contributed by atoms with Gasteiger partial charge in [-0.15, -0.1) is 0 Å². The maximum Gasteiger partial charge on any atom is 0.349 e. The molecule has 22 heavy (non-hydrogen) atoms. The van der Waals surface area contributed by atoms with Crippen LogP contribution in [0.3, 0.4) is 0 Å². The zero-order valence-electron chi connectivity index (χ0n) is 11.7. The third kappa shape index (κ3) is 4.08.